The van der Waals surface area contributed by atoms with E-state index in [0.29, 0.717) is 5.02 Å². The number of hydrogen-bond donors (Lipinski definition) is 0. The molecule has 0 fully saturated rings. The minimum Gasteiger partial charge on any atom is -0.293 e. The molecule has 0 aromatic heterocycles. The molecular formula is C11H10BrClOS. The van der Waals surface area contributed by atoms with Crippen molar-refractivity contribution in [2.75, 3.05) is 0 Å². The average molecular weight is 306 g/mol. The highest BCUT2D eigenvalue weighted by molar-refractivity contribution is 9.10. The van der Waals surface area contributed by atoms with E-state index in [1.54, 1.807) is 11.8 Å². The van der Waals surface area contributed by atoms with E-state index in [4.69, 9.17) is 11.6 Å². The van der Waals surface area contributed by atoms with Crippen LogP contribution >= 0.6 is 39.3 Å². The normalized spacial score (nSPS) is 18.8. The van der Waals surface area contributed by atoms with Gasteiger partial charge in [-0.1, -0.05) is 27.5 Å². The number of halogens is 2. The molecule has 0 spiro atoms. The Morgan fingerprint density at radius 1 is 1.47 bits per heavy atom. The van der Waals surface area contributed by atoms with Gasteiger partial charge in [-0.3, -0.25) is 4.79 Å². The average Bonchev–Trinajstić information content (AvgIpc) is 2.12. The van der Waals surface area contributed by atoms with Gasteiger partial charge < -0.3 is 0 Å². The van der Waals surface area contributed by atoms with Gasteiger partial charge in [0.25, 0.3) is 0 Å². The van der Waals surface area contributed by atoms with E-state index in [1.807, 2.05) is 26.0 Å². The molecule has 4 heteroatoms. The molecule has 0 aliphatic carbocycles. The molecule has 0 unspecified atom stereocenters. The number of fused-ring (bicyclic) bond motifs is 1. The quantitative estimate of drug-likeness (QED) is 0.710. The minimum atomic E-state index is -0.336. The molecule has 0 saturated heterocycles. The van der Waals surface area contributed by atoms with Gasteiger partial charge in [0, 0.05) is 20.8 Å². The second-order valence-corrected chi connectivity index (χ2v) is 6.96. The van der Waals surface area contributed by atoms with Crippen LogP contribution in [-0.2, 0) is 5.75 Å². The Morgan fingerprint density at radius 2 is 2.13 bits per heavy atom. The molecule has 0 saturated carbocycles. The lowest BCUT2D eigenvalue weighted by Gasteiger charge is -2.29. The fourth-order valence-electron chi connectivity index (χ4n) is 1.60. The minimum absolute atomic E-state index is 0.164. The number of carbonyl (C=O) groups excluding carboxylic acids is 1. The topological polar surface area (TPSA) is 17.1 Å². The Balaban J connectivity index is 2.62. The lowest BCUT2D eigenvalue weighted by atomic mass is 9.95. The molecule has 2 rings (SSSR count). The van der Waals surface area contributed by atoms with E-state index in [-0.39, 0.29) is 10.5 Å². The Kier molecular flexibility index (Phi) is 2.91. The summed E-state index contributed by atoms with van der Waals surface area (Å²) in [6.07, 6.45) is 0. The number of thioether (sulfide) groups is 1. The van der Waals surface area contributed by atoms with Gasteiger partial charge >= 0.3 is 0 Å². The first-order valence-electron chi connectivity index (χ1n) is 4.58. The Labute approximate surface area is 107 Å². The molecule has 0 N–H and O–H groups in total. The van der Waals surface area contributed by atoms with Gasteiger partial charge in [0.1, 0.15) is 0 Å². The first-order chi connectivity index (χ1) is 6.92. The van der Waals surface area contributed by atoms with Gasteiger partial charge in [-0.25, -0.2) is 0 Å². The van der Waals surface area contributed by atoms with Gasteiger partial charge in [0.2, 0.25) is 0 Å². The predicted octanol–water partition coefficient (Wildman–Crippen LogP) is 4.31. The molecule has 0 amide bonds. The highest BCUT2D eigenvalue weighted by atomic mass is 79.9. The zero-order valence-electron chi connectivity index (χ0n) is 8.43. The lowest BCUT2D eigenvalue weighted by molar-refractivity contribution is 0.0955. The van der Waals surface area contributed by atoms with Crippen molar-refractivity contribution in [2.24, 2.45) is 0 Å². The van der Waals surface area contributed by atoms with Crippen LogP contribution < -0.4 is 0 Å². The van der Waals surface area contributed by atoms with Crippen molar-refractivity contribution in [1.29, 1.82) is 0 Å². The number of ketones is 1. The molecule has 0 radical (unpaired) electrons. The summed E-state index contributed by atoms with van der Waals surface area (Å²) in [6.45, 7) is 3.91. The molecule has 1 nitrogen and oxygen atoms in total. The monoisotopic (exact) mass is 304 g/mol. The van der Waals surface area contributed by atoms with Crippen molar-refractivity contribution >= 4 is 45.1 Å². The van der Waals surface area contributed by atoms with Crippen LogP contribution in [0.1, 0.15) is 29.8 Å². The maximum atomic E-state index is 12.1. The molecule has 15 heavy (non-hydrogen) atoms. The van der Waals surface area contributed by atoms with Gasteiger partial charge in [-0.05, 0) is 31.5 Å². The molecular weight excluding hydrogens is 296 g/mol. The van der Waals surface area contributed by atoms with Crippen LogP contribution in [0.25, 0.3) is 0 Å². The maximum Gasteiger partial charge on any atom is 0.178 e. The summed E-state index contributed by atoms with van der Waals surface area (Å²) < 4.78 is 0.527. The summed E-state index contributed by atoms with van der Waals surface area (Å²) in [7, 11) is 0. The number of benzene rings is 1. The fraction of sp³-hybridized carbons (Fsp3) is 0.364. The summed E-state index contributed by atoms with van der Waals surface area (Å²) in [5.74, 6) is 0.970. The maximum absolute atomic E-state index is 12.1. The van der Waals surface area contributed by atoms with Crippen molar-refractivity contribution < 1.29 is 4.79 Å². The summed E-state index contributed by atoms with van der Waals surface area (Å²) in [6, 6.07) is 3.71. The SMILES string of the molecule is CC1(C)SCc2c(Cl)cc(Br)cc2C1=O. The molecule has 1 aliphatic heterocycles. The third kappa shape index (κ3) is 1.97. The standard InChI is InChI=1S/C11H10BrClOS/c1-11(2)10(14)7-3-6(12)4-9(13)8(7)5-15-11/h3-4H,5H2,1-2H3. The number of Topliss-reactive ketones (excluding diaryl/α,β-unsaturated/α-hetero) is 1. The van der Waals surface area contributed by atoms with Gasteiger partial charge in [-0.2, -0.15) is 0 Å². The van der Waals surface area contributed by atoms with E-state index in [1.165, 1.54) is 0 Å². The van der Waals surface area contributed by atoms with Crippen LogP contribution in [0.5, 0.6) is 0 Å². The van der Waals surface area contributed by atoms with Crippen molar-refractivity contribution in [2.45, 2.75) is 24.3 Å². The van der Waals surface area contributed by atoms with Gasteiger partial charge in [-0.15, -0.1) is 11.8 Å². The predicted molar refractivity (Wildman–Crippen MR) is 68.9 cm³/mol. The van der Waals surface area contributed by atoms with E-state index < -0.39 is 0 Å². The van der Waals surface area contributed by atoms with Crippen LogP contribution in [0.2, 0.25) is 5.02 Å². The summed E-state index contributed by atoms with van der Waals surface area (Å²) >= 11 is 11.1. The molecule has 1 aliphatic rings. The second kappa shape index (κ2) is 3.79. The smallest absolute Gasteiger partial charge is 0.178 e. The molecule has 0 atom stereocenters. The second-order valence-electron chi connectivity index (χ2n) is 4.04. The largest absolute Gasteiger partial charge is 0.293 e. The zero-order chi connectivity index (χ0) is 11.2. The zero-order valence-corrected chi connectivity index (χ0v) is 11.6. The van der Waals surface area contributed by atoms with Crippen LogP contribution in [-0.4, -0.2) is 10.5 Å². The lowest BCUT2D eigenvalue weighted by Crippen LogP contribution is -2.32. The van der Waals surface area contributed by atoms with Crippen molar-refractivity contribution in [1.82, 2.24) is 0 Å². The highest BCUT2D eigenvalue weighted by Gasteiger charge is 2.35. The highest BCUT2D eigenvalue weighted by Crippen LogP contribution is 2.41. The van der Waals surface area contributed by atoms with Crippen LogP contribution in [0, 0.1) is 0 Å². The third-order valence-corrected chi connectivity index (χ3v) is 4.66. The van der Waals surface area contributed by atoms with Crippen LogP contribution in [0.3, 0.4) is 0 Å². The fourth-order valence-corrected chi connectivity index (χ4v) is 3.61. The van der Waals surface area contributed by atoms with Gasteiger partial charge in [0.15, 0.2) is 5.78 Å². The summed E-state index contributed by atoms with van der Waals surface area (Å²) in [5, 5.41) is 0.677. The number of hydrogen-bond acceptors (Lipinski definition) is 2. The molecule has 1 aromatic carbocycles. The summed E-state index contributed by atoms with van der Waals surface area (Å²) in [5.41, 5.74) is 1.73. The number of rotatable bonds is 0. The summed E-state index contributed by atoms with van der Waals surface area (Å²) in [4.78, 5) is 12.1. The Morgan fingerprint density at radius 3 is 2.80 bits per heavy atom. The molecule has 80 valence electrons. The Bertz CT molecular complexity index is 442. The van der Waals surface area contributed by atoms with E-state index in [9.17, 15) is 4.79 Å². The molecule has 1 aromatic rings. The first-order valence-corrected chi connectivity index (χ1v) is 6.74. The Hall–Kier alpha value is 0.01000. The van der Waals surface area contributed by atoms with Gasteiger partial charge in [0.05, 0.1) is 4.75 Å². The van der Waals surface area contributed by atoms with Crippen molar-refractivity contribution in [3.63, 3.8) is 0 Å². The van der Waals surface area contributed by atoms with Crippen LogP contribution in [0.4, 0.5) is 0 Å². The van der Waals surface area contributed by atoms with Crippen molar-refractivity contribution in [3.05, 3.63) is 32.8 Å². The van der Waals surface area contributed by atoms with E-state index in [2.05, 4.69) is 15.9 Å². The van der Waals surface area contributed by atoms with E-state index in [0.717, 1.165) is 21.4 Å². The first kappa shape index (κ1) is 11.5. The number of carbonyl (C=O) groups is 1. The van der Waals surface area contributed by atoms with Crippen LogP contribution in [0.15, 0.2) is 16.6 Å². The third-order valence-electron chi connectivity index (χ3n) is 2.53. The van der Waals surface area contributed by atoms with Crippen molar-refractivity contribution in [3.8, 4) is 0 Å². The molecule has 1 heterocycles. The van der Waals surface area contributed by atoms with E-state index >= 15 is 0 Å². The molecule has 0 bridgehead atoms.